The zero-order chi connectivity index (χ0) is 17.2. The summed E-state index contributed by atoms with van der Waals surface area (Å²) in [6.45, 7) is 2.75. The molecule has 0 aliphatic carbocycles. The van der Waals surface area contributed by atoms with E-state index in [1.807, 2.05) is 0 Å². The molecule has 0 spiro atoms. The van der Waals surface area contributed by atoms with Crippen molar-refractivity contribution in [2.75, 3.05) is 6.61 Å². The molecule has 0 heterocycles. The zero-order valence-corrected chi connectivity index (χ0v) is 15.1. The summed E-state index contributed by atoms with van der Waals surface area (Å²) in [6, 6.07) is -0.547. The normalized spacial score (nSPS) is 12.1. The van der Waals surface area contributed by atoms with Crippen LogP contribution in [0.25, 0.3) is 0 Å². The van der Waals surface area contributed by atoms with Crippen molar-refractivity contribution in [3.05, 3.63) is 0 Å². The highest BCUT2D eigenvalue weighted by atomic mass is 16.5. The summed E-state index contributed by atoms with van der Waals surface area (Å²) >= 11 is 0. The van der Waals surface area contributed by atoms with Crippen LogP contribution < -0.4 is 5.73 Å². The fraction of sp³-hybridized carbons (Fsp3) is 0.895. The van der Waals surface area contributed by atoms with Gasteiger partial charge >= 0.3 is 5.97 Å². The molecular weight excluding hydrogens is 290 g/mol. The molecule has 0 amide bonds. The minimum atomic E-state index is -0.547. The standard InChI is InChI=1S/C19H37NO3/c1-2-3-4-5-6-7-8-9-10-11-12-13-16-23-19(22)15-14-18(20)17-21/h17-18H,2-16,20H2,1H3. The molecule has 4 heteroatoms. The van der Waals surface area contributed by atoms with Crippen LogP contribution in [0.1, 0.15) is 96.8 Å². The summed E-state index contributed by atoms with van der Waals surface area (Å²) in [4.78, 5) is 21.7. The van der Waals surface area contributed by atoms with Gasteiger partial charge in [0, 0.05) is 6.42 Å². The topological polar surface area (TPSA) is 69.4 Å². The second-order valence-corrected chi connectivity index (χ2v) is 6.45. The lowest BCUT2D eigenvalue weighted by molar-refractivity contribution is -0.143. The van der Waals surface area contributed by atoms with Gasteiger partial charge in [0.05, 0.1) is 12.6 Å². The van der Waals surface area contributed by atoms with E-state index in [9.17, 15) is 9.59 Å². The van der Waals surface area contributed by atoms with E-state index in [0.717, 1.165) is 12.8 Å². The van der Waals surface area contributed by atoms with E-state index in [1.54, 1.807) is 0 Å². The Morgan fingerprint density at radius 1 is 0.913 bits per heavy atom. The molecule has 0 rings (SSSR count). The molecule has 0 aliphatic rings. The van der Waals surface area contributed by atoms with Crippen molar-refractivity contribution >= 4 is 12.3 Å². The highest BCUT2D eigenvalue weighted by Gasteiger charge is 2.06. The van der Waals surface area contributed by atoms with Gasteiger partial charge in [0.15, 0.2) is 0 Å². The van der Waals surface area contributed by atoms with Gasteiger partial charge in [0.1, 0.15) is 6.29 Å². The molecule has 0 radical (unpaired) electrons. The number of ether oxygens (including phenoxy) is 1. The van der Waals surface area contributed by atoms with Crippen LogP contribution >= 0.6 is 0 Å². The SMILES string of the molecule is CCCCCCCCCCCCCCOC(=O)CCC(N)C=O. The number of hydrogen-bond donors (Lipinski definition) is 1. The molecule has 1 atom stereocenters. The van der Waals surface area contributed by atoms with Crippen molar-refractivity contribution in [2.24, 2.45) is 5.73 Å². The van der Waals surface area contributed by atoms with E-state index in [0.29, 0.717) is 19.3 Å². The maximum Gasteiger partial charge on any atom is 0.305 e. The van der Waals surface area contributed by atoms with E-state index in [-0.39, 0.29) is 12.4 Å². The number of nitrogens with two attached hydrogens (primary N) is 1. The lowest BCUT2D eigenvalue weighted by Gasteiger charge is -2.06. The fourth-order valence-corrected chi connectivity index (χ4v) is 2.55. The van der Waals surface area contributed by atoms with E-state index >= 15 is 0 Å². The Kier molecular flexibility index (Phi) is 16.8. The van der Waals surface area contributed by atoms with E-state index < -0.39 is 6.04 Å². The molecule has 4 nitrogen and oxygen atoms in total. The van der Waals surface area contributed by atoms with Gasteiger partial charge in [-0.05, 0) is 12.8 Å². The molecular formula is C19H37NO3. The van der Waals surface area contributed by atoms with Crippen LogP contribution in [0.4, 0.5) is 0 Å². The summed E-state index contributed by atoms with van der Waals surface area (Å²) in [5.41, 5.74) is 5.42. The Morgan fingerprint density at radius 2 is 1.39 bits per heavy atom. The summed E-state index contributed by atoms with van der Waals surface area (Å²) < 4.78 is 5.12. The van der Waals surface area contributed by atoms with Gasteiger partial charge in [-0.1, -0.05) is 77.6 Å². The number of hydrogen-bond acceptors (Lipinski definition) is 4. The number of esters is 1. The minimum Gasteiger partial charge on any atom is -0.466 e. The second-order valence-electron chi connectivity index (χ2n) is 6.45. The predicted octanol–water partition coefficient (Wildman–Crippen LogP) is 4.54. The third-order valence-corrected chi connectivity index (χ3v) is 4.12. The van der Waals surface area contributed by atoms with Crippen LogP contribution in [-0.2, 0) is 14.3 Å². The summed E-state index contributed by atoms with van der Waals surface area (Å²) in [7, 11) is 0. The van der Waals surface area contributed by atoms with Gasteiger partial charge in [0.25, 0.3) is 0 Å². The lowest BCUT2D eigenvalue weighted by atomic mass is 10.1. The van der Waals surface area contributed by atoms with Crippen molar-refractivity contribution in [3.63, 3.8) is 0 Å². The van der Waals surface area contributed by atoms with Crippen molar-refractivity contribution in [2.45, 2.75) is 103 Å². The quantitative estimate of drug-likeness (QED) is 0.242. The minimum absolute atomic E-state index is 0.234. The van der Waals surface area contributed by atoms with Crippen LogP contribution in [0.5, 0.6) is 0 Å². The molecule has 0 saturated carbocycles. The van der Waals surface area contributed by atoms with Crippen LogP contribution in [0.2, 0.25) is 0 Å². The summed E-state index contributed by atoms with van der Waals surface area (Å²) in [6.07, 6.45) is 16.8. The Balaban J connectivity index is 3.15. The number of carbonyl (C=O) groups excluding carboxylic acids is 2. The third kappa shape index (κ3) is 17.3. The summed E-state index contributed by atoms with van der Waals surface area (Å²) in [5, 5.41) is 0. The Morgan fingerprint density at radius 3 is 1.87 bits per heavy atom. The maximum atomic E-state index is 11.4. The first kappa shape index (κ1) is 22.1. The van der Waals surface area contributed by atoms with Gasteiger partial charge in [0.2, 0.25) is 0 Å². The smallest absolute Gasteiger partial charge is 0.305 e. The molecule has 136 valence electrons. The van der Waals surface area contributed by atoms with Crippen molar-refractivity contribution < 1.29 is 14.3 Å². The first-order valence-electron chi connectivity index (χ1n) is 9.57. The highest BCUT2D eigenvalue weighted by Crippen LogP contribution is 2.12. The number of unbranched alkanes of at least 4 members (excludes halogenated alkanes) is 11. The van der Waals surface area contributed by atoms with E-state index in [2.05, 4.69) is 6.92 Å². The van der Waals surface area contributed by atoms with Crippen LogP contribution in [-0.4, -0.2) is 24.9 Å². The monoisotopic (exact) mass is 327 g/mol. The average molecular weight is 328 g/mol. The molecule has 2 N–H and O–H groups in total. The third-order valence-electron chi connectivity index (χ3n) is 4.12. The van der Waals surface area contributed by atoms with Crippen LogP contribution in [0.15, 0.2) is 0 Å². The number of rotatable bonds is 17. The van der Waals surface area contributed by atoms with Gasteiger partial charge in [-0.25, -0.2) is 0 Å². The van der Waals surface area contributed by atoms with Crippen LogP contribution in [0, 0.1) is 0 Å². The van der Waals surface area contributed by atoms with Crippen molar-refractivity contribution in [1.29, 1.82) is 0 Å². The largest absolute Gasteiger partial charge is 0.466 e. The first-order valence-corrected chi connectivity index (χ1v) is 9.57. The average Bonchev–Trinajstić information content (AvgIpc) is 2.56. The lowest BCUT2D eigenvalue weighted by Crippen LogP contribution is -2.22. The van der Waals surface area contributed by atoms with Crippen molar-refractivity contribution in [3.8, 4) is 0 Å². The van der Waals surface area contributed by atoms with E-state index in [1.165, 1.54) is 64.2 Å². The molecule has 1 unspecified atom stereocenters. The van der Waals surface area contributed by atoms with Gasteiger partial charge in [-0.15, -0.1) is 0 Å². The number of carbonyl (C=O) groups is 2. The Labute approximate surface area is 142 Å². The second kappa shape index (κ2) is 17.5. The molecule has 0 aliphatic heterocycles. The van der Waals surface area contributed by atoms with Gasteiger partial charge in [-0.2, -0.15) is 0 Å². The Bertz CT molecular complexity index is 282. The van der Waals surface area contributed by atoms with Crippen molar-refractivity contribution in [1.82, 2.24) is 0 Å². The van der Waals surface area contributed by atoms with Gasteiger partial charge < -0.3 is 15.3 Å². The molecule has 0 fully saturated rings. The highest BCUT2D eigenvalue weighted by molar-refractivity contribution is 5.70. The molecule has 0 saturated heterocycles. The maximum absolute atomic E-state index is 11.4. The van der Waals surface area contributed by atoms with Crippen LogP contribution in [0.3, 0.4) is 0 Å². The summed E-state index contributed by atoms with van der Waals surface area (Å²) in [5.74, 6) is -0.245. The zero-order valence-electron chi connectivity index (χ0n) is 15.1. The van der Waals surface area contributed by atoms with E-state index in [4.69, 9.17) is 10.5 Å². The molecule has 0 aromatic rings. The fourth-order valence-electron chi connectivity index (χ4n) is 2.55. The first-order chi connectivity index (χ1) is 11.2. The predicted molar refractivity (Wildman–Crippen MR) is 95.3 cm³/mol. The molecule has 23 heavy (non-hydrogen) atoms. The van der Waals surface area contributed by atoms with Gasteiger partial charge in [-0.3, -0.25) is 4.79 Å². The number of aldehydes is 1. The molecule has 0 bridgehead atoms. The molecule has 0 aromatic heterocycles. The molecule has 0 aromatic carbocycles. The Hall–Kier alpha value is -0.900.